The minimum absolute atomic E-state index is 0.265. The summed E-state index contributed by atoms with van der Waals surface area (Å²) in [7, 11) is 3.30. The largest absolute Gasteiger partial charge is 0.497 e. The number of hydrogen-bond donors (Lipinski definition) is 1. The second-order valence-electron chi connectivity index (χ2n) is 7.19. The lowest BCUT2D eigenvalue weighted by Gasteiger charge is -2.32. The quantitative estimate of drug-likeness (QED) is 0.555. The van der Waals surface area contributed by atoms with Crippen molar-refractivity contribution in [2.24, 2.45) is 5.92 Å². The zero-order valence-electron chi connectivity index (χ0n) is 16.3. The maximum Gasteiger partial charge on any atom is 0.173 e. The zero-order valence-corrected chi connectivity index (χ0v) is 17.1. The third kappa shape index (κ3) is 5.59. The van der Waals surface area contributed by atoms with E-state index < -0.39 is 0 Å². The first kappa shape index (κ1) is 20.0. The Hall–Kier alpha value is -1.79. The summed E-state index contributed by atoms with van der Waals surface area (Å²) in [5, 5.41) is 4.11. The summed E-state index contributed by atoms with van der Waals surface area (Å²) < 4.78 is 16.6. The predicted molar refractivity (Wildman–Crippen MR) is 113 cm³/mol. The van der Waals surface area contributed by atoms with Crippen LogP contribution in [-0.4, -0.2) is 50.0 Å². The van der Waals surface area contributed by atoms with Crippen LogP contribution in [0.25, 0.3) is 0 Å². The van der Waals surface area contributed by atoms with Gasteiger partial charge in [0.15, 0.2) is 5.11 Å². The molecule has 6 heteroatoms. The fraction of sp³-hybridized carbons (Fsp3) is 0.571. The first-order chi connectivity index (χ1) is 13.2. The van der Waals surface area contributed by atoms with E-state index >= 15 is 0 Å². The molecule has 3 rings (SSSR count). The van der Waals surface area contributed by atoms with Gasteiger partial charge in [-0.25, -0.2) is 0 Å². The second kappa shape index (κ2) is 9.95. The van der Waals surface area contributed by atoms with Crippen LogP contribution in [0.3, 0.4) is 0 Å². The van der Waals surface area contributed by atoms with Gasteiger partial charge in [0.25, 0.3) is 0 Å². The molecule has 1 heterocycles. The summed E-state index contributed by atoms with van der Waals surface area (Å²) in [5.41, 5.74) is 0.851. The highest BCUT2D eigenvalue weighted by Gasteiger charge is 2.24. The predicted octanol–water partition coefficient (Wildman–Crippen LogP) is 4.24. The Balaban J connectivity index is 1.70. The molecular formula is C21H30N2O3S. The molecule has 1 aromatic rings. The molecule has 0 spiro atoms. The molecule has 1 aliphatic carbocycles. The van der Waals surface area contributed by atoms with E-state index in [0.29, 0.717) is 5.92 Å². The van der Waals surface area contributed by atoms with E-state index in [1.165, 1.54) is 6.42 Å². The molecule has 0 bridgehead atoms. The van der Waals surface area contributed by atoms with Crippen molar-refractivity contribution in [2.45, 2.75) is 38.2 Å². The van der Waals surface area contributed by atoms with E-state index in [4.69, 9.17) is 26.4 Å². The van der Waals surface area contributed by atoms with Gasteiger partial charge in [-0.05, 0) is 62.4 Å². The SMILES string of the molecule is COc1ccc(NC(=S)N(CC2CC=CCC2)CC2CCCO2)c(OC)c1. The smallest absolute Gasteiger partial charge is 0.173 e. The average Bonchev–Trinajstić information content (AvgIpc) is 3.21. The van der Waals surface area contributed by atoms with Gasteiger partial charge in [-0.1, -0.05) is 12.2 Å². The number of ether oxygens (including phenoxy) is 3. The molecule has 148 valence electrons. The van der Waals surface area contributed by atoms with Gasteiger partial charge < -0.3 is 24.4 Å². The van der Waals surface area contributed by atoms with Crippen LogP contribution in [0.15, 0.2) is 30.4 Å². The van der Waals surface area contributed by atoms with Crippen LogP contribution >= 0.6 is 12.2 Å². The number of allylic oxidation sites excluding steroid dienone is 2. The number of nitrogens with zero attached hydrogens (tertiary/aromatic N) is 1. The maximum atomic E-state index is 5.86. The van der Waals surface area contributed by atoms with Crippen LogP contribution in [0.1, 0.15) is 32.1 Å². The van der Waals surface area contributed by atoms with E-state index in [0.717, 1.165) is 67.7 Å². The molecule has 1 fully saturated rings. The van der Waals surface area contributed by atoms with Crippen LogP contribution < -0.4 is 14.8 Å². The molecule has 1 aliphatic heterocycles. The topological polar surface area (TPSA) is 43.0 Å². The number of rotatable bonds is 7. The van der Waals surface area contributed by atoms with E-state index in [2.05, 4.69) is 22.4 Å². The Morgan fingerprint density at radius 1 is 1.22 bits per heavy atom. The first-order valence-corrected chi connectivity index (χ1v) is 10.1. The van der Waals surface area contributed by atoms with Crippen molar-refractivity contribution in [1.29, 1.82) is 0 Å². The van der Waals surface area contributed by atoms with Crippen molar-refractivity contribution >= 4 is 23.0 Å². The minimum Gasteiger partial charge on any atom is -0.497 e. The molecule has 0 amide bonds. The van der Waals surface area contributed by atoms with Gasteiger partial charge in [0.1, 0.15) is 11.5 Å². The molecule has 1 N–H and O–H groups in total. The fourth-order valence-electron chi connectivity index (χ4n) is 3.70. The van der Waals surface area contributed by atoms with Gasteiger partial charge in [-0.15, -0.1) is 0 Å². The molecule has 1 saturated heterocycles. The Morgan fingerprint density at radius 3 is 2.78 bits per heavy atom. The summed E-state index contributed by atoms with van der Waals surface area (Å²) in [6.45, 7) is 2.65. The van der Waals surface area contributed by atoms with Gasteiger partial charge in [-0.2, -0.15) is 0 Å². The van der Waals surface area contributed by atoms with Crippen LogP contribution in [0.5, 0.6) is 11.5 Å². The van der Waals surface area contributed by atoms with Crippen molar-refractivity contribution < 1.29 is 14.2 Å². The zero-order chi connectivity index (χ0) is 19.1. The van der Waals surface area contributed by atoms with E-state index in [-0.39, 0.29) is 6.10 Å². The lowest BCUT2D eigenvalue weighted by molar-refractivity contribution is 0.0882. The summed E-state index contributed by atoms with van der Waals surface area (Å²) in [4.78, 5) is 2.28. The summed E-state index contributed by atoms with van der Waals surface area (Å²) in [5.74, 6) is 2.11. The fourth-order valence-corrected chi connectivity index (χ4v) is 3.96. The van der Waals surface area contributed by atoms with Gasteiger partial charge in [0.05, 0.1) is 26.0 Å². The Kier molecular flexibility index (Phi) is 7.35. The molecule has 0 radical (unpaired) electrons. The first-order valence-electron chi connectivity index (χ1n) is 9.74. The number of methoxy groups -OCH3 is 2. The third-order valence-corrected chi connectivity index (χ3v) is 5.60. The van der Waals surface area contributed by atoms with Gasteiger partial charge in [-0.3, -0.25) is 0 Å². The molecule has 27 heavy (non-hydrogen) atoms. The van der Waals surface area contributed by atoms with E-state index in [1.54, 1.807) is 14.2 Å². The number of nitrogens with one attached hydrogen (secondary N) is 1. The molecule has 0 aromatic heterocycles. The summed E-state index contributed by atoms with van der Waals surface area (Å²) in [6, 6.07) is 5.71. The van der Waals surface area contributed by atoms with Crippen molar-refractivity contribution in [2.75, 3.05) is 39.2 Å². The molecule has 2 atom stereocenters. The van der Waals surface area contributed by atoms with Crippen LogP contribution in [0, 0.1) is 5.92 Å². The number of thiocarbonyl (C=S) groups is 1. The normalized spacial score (nSPS) is 21.7. The second-order valence-corrected chi connectivity index (χ2v) is 7.57. The van der Waals surface area contributed by atoms with Crippen molar-refractivity contribution in [3.8, 4) is 11.5 Å². The summed E-state index contributed by atoms with van der Waals surface area (Å²) in [6.07, 6.45) is 10.6. The number of hydrogen-bond acceptors (Lipinski definition) is 4. The van der Waals surface area contributed by atoms with Crippen LogP contribution in [0.4, 0.5) is 5.69 Å². The van der Waals surface area contributed by atoms with Crippen LogP contribution in [0.2, 0.25) is 0 Å². The molecule has 2 aliphatic rings. The molecule has 2 unspecified atom stereocenters. The molecule has 0 saturated carbocycles. The highest BCUT2D eigenvalue weighted by Crippen LogP contribution is 2.30. The van der Waals surface area contributed by atoms with E-state index in [9.17, 15) is 0 Å². The lowest BCUT2D eigenvalue weighted by atomic mass is 9.94. The van der Waals surface area contributed by atoms with Crippen LogP contribution in [-0.2, 0) is 4.74 Å². The average molecular weight is 391 g/mol. The number of benzene rings is 1. The maximum absolute atomic E-state index is 5.86. The highest BCUT2D eigenvalue weighted by molar-refractivity contribution is 7.80. The van der Waals surface area contributed by atoms with Gasteiger partial charge in [0, 0.05) is 25.8 Å². The molecule has 5 nitrogen and oxygen atoms in total. The lowest BCUT2D eigenvalue weighted by Crippen LogP contribution is -2.43. The Morgan fingerprint density at radius 2 is 2.11 bits per heavy atom. The van der Waals surface area contributed by atoms with Crippen molar-refractivity contribution in [3.63, 3.8) is 0 Å². The van der Waals surface area contributed by atoms with Gasteiger partial charge in [0.2, 0.25) is 0 Å². The molecular weight excluding hydrogens is 360 g/mol. The highest BCUT2D eigenvalue weighted by atomic mass is 32.1. The Bertz CT molecular complexity index is 659. The van der Waals surface area contributed by atoms with E-state index in [1.807, 2.05) is 18.2 Å². The number of anilines is 1. The Labute approximate surface area is 167 Å². The summed E-state index contributed by atoms with van der Waals surface area (Å²) >= 11 is 5.78. The van der Waals surface area contributed by atoms with Crippen molar-refractivity contribution in [1.82, 2.24) is 4.90 Å². The van der Waals surface area contributed by atoms with Crippen molar-refractivity contribution in [3.05, 3.63) is 30.4 Å². The van der Waals surface area contributed by atoms with Gasteiger partial charge >= 0.3 is 0 Å². The molecule has 1 aromatic carbocycles. The minimum atomic E-state index is 0.265. The third-order valence-electron chi connectivity index (χ3n) is 5.24. The standard InChI is InChI=1S/C21H30N2O3S/c1-24-17-10-11-19(20(13-17)25-2)22-21(27)23(15-18-9-6-12-26-18)14-16-7-4-3-5-8-16/h3-4,10-11,13,16,18H,5-9,12,14-15H2,1-2H3,(H,22,27). The monoisotopic (exact) mass is 390 g/mol.